The van der Waals surface area contributed by atoms with Gasteiger partial charge in [0.2, 0.25) is 10.6 Å². The average molecular weight is 283 g/mol. The van der Waals surface area contributed by atoms with Gasteiger partial charge >= 0.3 is 6.18 Å². The normalized spacial score (nSPS) is 11.3. The molecule has 0 radical (unpaired) electrons. The molecule has 7 heteroatoms. The predicted octanol–water partition coefficient (Wildman–Crippen LogP) is 2.94. The van der Waals surface area contributed by atoms with Gasteiger partial charge in [0.15, 0.2) is 0 Å². The molecule has 0 N–H and O–H groups in total. The second kappa shape index (κ2) is 4.55. The predicted molar refractivity (Wildman–Crippen MR) is 66.3 cm³/mol. The van der Waals surface area contributed by atoms with Crippen molar-refractivity contribution in [2.75, 3.05) is 0 Å². The molecule has 98 valence electrons. The summed E-state index contributed by atoms with van der Waals surface area (Å²) in [5.74, 6) is 1.24. The number of terminal acetylenes is 1. The Kier molecular flexibility index (Phi) is 3.20. The molecular weight excluding hydrogens is 275 g/mol. The summed E-state index contributed by atoms with van der Waals surface area (Å²) in [5.41, 5.74) is 0.507. The van der Waals surface area contributed by atoms with Crippen molar-refractivity contribution in [1.82, 2.24) is 14.3 Å². The molecule has 0 atom stereocenters. The highest BCUT2D eigenvalue weighted by Gasteiger charge is 2.38. The zero-order valence-corrected chi connectivity index (χ0v) is 10.6. The smallest absolute Gasteiger partial charge is 0.263 e. The number of halogens is 3. The number of alkyl halides is 3. The van der Waals surface area contributed by atoms with Crippen molar-refractivity contribution in [2.24, 2.45) is 7.05 Å². The van der Waals surface area contributed by atoms with Crippen LogP contribution in [0.25, 0.3) is 5.69 Å². The highest BCUT2D eigenvalue weighted by Crippen LogP contribution is 2.30. The fourth-order valence-corrected chi connectivity index (χ4v) is 1.88. The lowest BCUT2D eigenvalue weighted by Gasteiger charge is -2.10. The molecule has 0 aliphatic carbocycles. The van der Waals surface area contributed by atoms with Gasteiger partial charge in [0.1, 0.15) is 0 Å². The number of aryl methyl sites for hydroxylation is 1. The van der Waals surface area contributed by atoms with Crippen molar-refractivity contribution >= 4 is 12.2 Å². The molecule has 19 heavy (non-hydrogen) atoms. The fraction of sp³-hybridized carbons (Fsp3) is 0.167. The van der Waals surface area contributed by atoms with Gasteiger partial charge in [-0.25, -0.2) is 4.68 Å². The third-order valence-corrected chi connectivity index (χ3v) is 2.93. The van der Waals surface area contributed by atoms with Gasteiger partial charge in [0.05, 0.1) is 5.69 Å². The van der Waals surface area contributed by atoms with Crippen molar-refractivity contribution in [1.29, 1.82) is 0 Å². The SMILES string of the molecule is C#Cc1ccccc1-n1c(C(F)(F)F)nn(C)c1=S. The lowest BCUT2D eigenvalue weighted by Crippen LogP contribution is -2.14. The van der Waals surface area contributed by atoms with Crippen molar-refractivity contribution in [3.63, 3.8) is 0 Å². The quantitative estimate of drug-likeness (QED) is 0.593. The van der Waals surface area contributed by atoms with E-state index in [4.69, 9.17) is 18.6 Å². The Morgan fingerprint density at radius 3 is 2.53 bits per heavy atom. The van der Waals surface area contributed by atoms with Crippen molar-refractivity contribution < 1.29 is 13.2 Å². The molecule has 0 spiro atoms. The molecule has 0 saturated heterocycles. The molecule has 2 rings (SSSR count). The van der Waals surface area contributed by atoms with Gasteiger partial charge in [-0.05, 0) is 24.4 Å². The Labute approximate surface area is 112 Å². The van der Waals surface area contributed by atoms with Crippen LogP contribution in [-0.4, -0.2) is 14.3 Å². The number of hydrogen-bond donors (Lipinski definition) is 0. The second-order valence-corrected chi connectivity index (χ2v) is 4.09. The largest absolute Gasteiger partial charge is 0.452 e. The number of nitrogens with zero attached hydrogens (tertiary/aromatic N) is 3. The molecule has 1 heterocycles. The molecule has 0 saturated carbocycles. The molecule has 0 aliphatic rings. The van der Waals surface area contributed by atoms with Crippen LogP contribution in [0.15, 0.2) is 24.3 Å². The summed E-state index contributed by atoms with van der Waals surface area (Å²) in [6.45, 7) is 0. The molecule has 0 aliphatic heterocycles. The van der Waals surface area contributed by atoms with Crippen molar-refractivity contribution in [3.8, 4) is 18.0 Å². The van der Waals surface area contributed by atoms with E-state index in [-0.39, 0.29) is 10.5 Å². The maximum Gasteiger partial charge on any atom is 0.452 e. The molecule has 1 aromatic carbocycles. The second-order valence-electron chi connectivity index (χ2n) is 3.72. The van der Waals surface area contributed by atoms with Crippen LogP contribution in [0.2, 0.25) is 0 Å². The maximum atomic E-state index is 13.0. The minimum absolute atomic E-state index is 0.0741. The van der Waals surface area contributed by atoms with E-state index in [1.807, 2.05) is 0 Å². The Morgan fingerprint density at radius 1 is 1.32 bits per heavy atom. The highest BCUT2D eigenvalue weighted by atomic mass is 32.1. The van der Waals surface area contributed by atoms with E-state index >= 15 is 0 Å². The lowest BCUT2D eigenvalue weighted by atomic mass is 10.2. The van der Waals surface area contributed by atoms with Crippen LogP contribution in [0, 0.1) is 17.1 Å². The third kappa shape index (κ3) is 2.27. The van der Waals surface area contributed by atoms with E-state index in [0.717, 1.165) is 9.25 Å². The molecule has 0 fully saturated rings. The molecule has 0 unspecified atom stereocenters. The van der Waals surface area contributed by atoms with E-state index in [0.29, 0.717) is 5.56 Å². The summed E-state index contributed by atoms with van der Waals surface area (Å²) >= 11 is 4.97. The van der Waals surface area contributed by atoms with Crippen molar-refractivity contribution in [3.05, 3.63) is 40.4 Å². The minimum Gasteiger partial charge on any atom is -0.263 e. The highest BCUT2D eigenvalue weighted by molar-refractivity contribution is 7.71. The van der Waals surface area contributed by atoms with Crippen molar-refractivity contribution in [2.45, 2.75) is 6.18 Å². The lowest BCUT2D eigenvalue weighted by molar-refractivity contribution is -0.146. The van der Waals surface area contributed by atoms with Gasteiger partial charge in [-0.15, -0.1) is 11.5 Å². The summed E-state index contributed by atoms with van der Waals surface area (Å²) in [4.78, 5) is 0. The molecule has 3 nitrogen and oxygen atoms in total. The van der Waals surface area contributed by atoms with Gasteiger partial charge in [-0.3, -0.25) is 4.57 Å². The first kappa shape index (κ1) is 13.4. The summed E-state index contributed by atoms with van der Waals surface area (Å²) in [5, 5.41) is 3.42. The van der Waals surface area contributed by atoms with E-state index in [9.17, 15) is 13.2 Å². The summed E-state index contributed by atoms with van der Waals surface area (Å²) < 4.78 is 40.7. The first-order chi connectivity index (χ1) is 8.86. The van der Waals surface area contributed by atoms with Crippen LogP contribution in [0.1, 0.15) is 11.4 Å². The first-order valence-electron chi connectivity index (χ1n) is 5.15. The zero-order chi connectivity index (χ0) is 14.2. The van der Waals surface area contributed by atoms with Crippen LogP contribution in [0.4, 0.5) is 13.2 Å². The number of hydrogen-bond acceptors (Lipinski definition) is 2. The van der Waals surface area contributed by atoms with E-state index in [1.165, 1.54) is 13.1 Å². The summed E-state index contributed by atoms with van der Waals surface area (Å²) in [6.07, 6.45) is 0.684. The average Bonchev–Trinajstić information content (AvgIpc) is 2.66. The maximum absolute atomic E-state index is 13.0. The van der Waals surface area contributed by atoms with Crippen LogP contribution >= 0.6 is 12.2 Å². The molecular formula is C12H8F3N3S. The van der Waals surface area contributed by atoms with Gasteiger partial charge in [0, 0.05) is 12.6 Å². The van der Waals surface area contributed by atoms with Gasteiger partial charge in [-0.1, -0.05) is 18.1 Å². The molecule has 0 bridgehead atoms. The van der Waals surface area contributed by atoms with Crippen LogP contribution in [0.5, 0.6) is 0 Å². The fourth-order valence-electron chi connectivity index (χ4n) is 1.66. The van der Waals surface area contributed by atoms with Gasteiger partial charge in [0.25, 0.3) is 0 Å². The number of benzene rings is 1. The van der Waals surface area contributed by atoms with Crippen LogP contribution in [-0.2, 0) is 13.2 Å². The summed E-state index contributed by atoms with van der Waals surface area (Å²) in [7, 11) is 1.35. The zero-order valence-electron chi connectivity index (χ0n) is 9.77. The first-order valence-corrected chi connectivity index (χ1v) is 5.56. The Balaban J connectivity index is 2.84. The van der Waals surface area contributed by atoms with Gasteiger partial charge < -0.3 is 0 Å². The summed E-state index contributed by atoms with van der Waals surface area (Å²) in [6, 6.07) is 6.25. The third-order valence-electron chi connectivity index (χ3n) is 2.48. The van der Waals surface area contributed by atoms with Crippen LogP contribution < -0.4 is 0 Å². The Morgan fingerprint density at radius 2 is 1.95 bits per heavy atom. The standard InChI is InChI=1S/C12H8F3N3S/c1-3-8-6-4-5-7-9(8)18-10(12(13,14)15)16-17(2)11(18)19/h1,4-7H,2H3. The number of rotatable bonds is 1. The van der Waals surface area contributed by atoms with E-state index in [1.54, 1.807) is 18.2 Å². The van der Waals surface area contributed by atoms with E-state index < -0.39 is 12.0 Å². The van der Waals surface area contributed by atoms with Crippen LogP contribution in [0.3, 0.4) is 0 Å². The molecule has 0 amide bonds. The van der Waals surface area contributed by atoms with E-state index in [2.05, 4.69) is 11.0 Å². The number of aromatic nitrogens is 3. The molecule has 2 aromatic rings. The number of para-hydroxylation sites is 1. The van der Waals surface area contributed by atoms with Gasteiger partial charge in [-0.2, -0.15) is 13.2 Å². The topological polar surface area (TPSA) is 22.8 Å². The Bertz CT molecular complexity index is 719. The Hall–Kier alpha value is -2.07. The molecule has 1 aromatic heterocycles. The monoisotopic (exact) mass is 283 g/mol. The minimum atomic E-state index is -4.61.